The Labute approximate surface area is 193 Å². The number of nitrogens with two attached hydrogens (primary N) is 1. The van der Waals surface area contributed by atoms with Crippen molar-refractivity contribution in [1.82, 2.24) is 21.3 Å². The minimum atomic E-state index is -1.68. The highest BCUT2D eigenvalue weighted by molar-refractivity contribution is 5.94. The molecule has 192 valence electrons. The monoisotopic (exact) mass is 491 g/mol. The molecule has 4 amide bonds. The van der Waals surface area contributed by atoms with Crippen molar-refractivity contribution in [2.45, 2.75) is 56.8 Å². The minimum absolute atomic E-state index is 0.156. The summed E-state index contributed by atoms with van der Waals surface area (Å²) in [6.45, 7) is -0.345. The van der Waals surface area contributed by atoms with Gasteiger partial charge in [0, 0.05) is 12.8 Å². The van der Waals surface area contributed by atoms with E-state index in [1.807, 2.05) is 5.32 Å². The van der Waals surface area contributed by atoms with Crippen molar-refractivity contribution in [2.24, 2.45) is 5.73 Å². The van der Waals surface area contributed by atoms with E-state index in [4.69, 9.17) is 26.2 Å². The number of hydrogen-bond donors (Lipinski definition) is 9. The third kappa shape index (κ3) is 12.3. The van der Waals surface area contributed by atoms with Gasteiger partial charge in [0.2, 0.25) is 23.6 Å². The highest BCUT2D eigenvalue weighted by atomic mass is 16.4. The van der Waals surface area contributed by atoms with E-state index in [1.165, 1.54) is 6.92 Å². The summed E-state index contributed by atoms with van der Waals surface area (Å²) in [4.78, 5) is 80.5. The van der Waals surface area contributed by atoms with Crippen LogP contribution >= 0.6 is 0 Å². The van der Waals surface area contributed by atoms with E-state index in [0.29, 0.717) is 0 Å². The lowest BCUT2D eigenvalue weighted by Gasteiger charge is -2.21. The van der Waals surface area contributed by atoms with Crippen LogP contribution in [0.2, 0.25) is 0 Å². The predicted octanol–water partition coefficient (Wildman–Crippen LogP) is -4.29. The van der Waals surface area contributed by atoms with Gasteiger partial charge in [0.1, 0.15) is 18.1 Å². The molecule has 0 saturated carbocycles. The van der Waals surface area contributed by atoms with E-state index in [0.717, 1.165) is 0 Å². The second kappa shape index (κ2) is 15.1. The zero-order valence-electron chi connectivity index (χ0n) is 18.3. The number of carboxylic acids is 3. The molecular weight excluding hydrogens is 462 g/mol. The van der Waals surface area contributed by atoms with Gasteiger partial charge in [-0.2, -0.15) is 0 Å². The Hall–Kier alpha value is -3.79. The van der Waals surface area contributed by atoms with Crippen molar-refractivity contribution in [3.63, 3.8) is 0 Å². The number of nitrogens with one attached hydrogen (secondary N) is 4. The number of aliphatic hydroxyl groups is 1. The van der Waals surface area contributed by atoms with Crippen molar-refractivity contribution >= 4 is 41.5 Å². The molecule has 0 aliphatic rings. The number of carbonyl (C=O) groups excluding carboxylic acids is 4. The third-order valence-corrected chi connectivity index (χ3v) is 4.28. The van der Waals surface area contributed by atoms with Gasteiger partial charge in [0.05, 0.1) is 19.2 Å². The molecule has 16 heteroatoms. The fourth-order valence-corrected chi connectivity index (χ4v) is 2.36. The molecule has 0 aliphatic heterocycles. The average Bonchev–Trinajstić information content (AvgIpc) is 2.75. The Kier molecular flexibility index (Phi) is 13.4. The molecule has 0 unspecified atom stereocenters. The normalized spacial score (nSPS) is 14.0. The molecule has 0 aromatic heterocycles. The van der Waals surface area contributed by atoms with Crippen molar-refractivity contribution in [2.75, 3.05) is 13.2 Å². The second-order valence-corrected chi connectivity index (χ2v) is 7.12. The van der Waals surface area contributed by atoms with Gasteiger partial charge < -0.3 is 47.4 Å². The Morgan fingerprint density at radius 3 is 1.82 bits per heavy atom. The van der Waals surface area contributed by atoms with Crippen molar-refractivity contribution < 1.29 is 54.0 Å². The predicted molar refractivity (Wildman–Crippen MR) is 111 cm³/mol. The number of rotatable bonds is 16. The Morgan fingerprint density at radius 1 is 0.765 bits per heavy atom. The van der Waals surface area contributed by atoms with Gasteiger partial charge in [-0.25, -0.2) is 4.79 Å². The van der Waals surface area contributed by atoms with Gasteiger partial charge in [-0.05, 0) is 19.8 Å². The zero-order chi connectivity index (χ0) is 26.4. The van der Waals surface area contributed by atoms with Gasteiger partial charge in [-0.15, -0.1) is 0 Å². The first-order chi connectivity index (χ1) is 15.8. The smallest absolute Gasteiger partial charge is 0.328 e. The van der Waals surface area contributed by atoms with Gasteiger partial charge in [-0.3, -0.25) is 28.8 Å². The lowest BCUT2D eigenvalue weighted by Crippen LogP contribution is -2.55. The van der Waals surface area contributed by atoms with Gasteiger partial charge in [0.25, 0.3) is 0 Å². The molecule has 0 rings (SSSR count). The van der Waals surface area contributed by atoms with Gasteiger partial charge in [0.15, 0.2) is 0 Å². The number of carbonyl (C=O) groups is 7. The molecule has 0 aromatic carbocycles. The maximum atomic E-state index is 12.2. The number of carboxylic acid groups (broad SMARTS) is 3. The van der Waals surface area contributed by atoms with E-state index in [-0.39, 0.29) is 12.8 Å². The van der Waals surface area contributed by atoms with Gasteiger partial charge in [-0.1, -0.05) is 0 Å². The Balaban J connectivity index is 4.83. The third-order valence-electron chi connectivity index (χ3n) is 4.28. The Bertz CT molecular complexity index is 788. The topological polar surface area (TPSA) is 275 Å². The molecule has 16 nitrogen and oxygen atoms in total. The van der Waals surface area contributed by atoms with Crippen molar-refractivity contribution in [1.29, 1.82) is 0 Å². The first-order valence-corrected chi connectivity index (χ1v) is 9.99. The highest BCUT2D eigenvalue weighted by Crippen LogP contribution is 2.00. The van der Waals surface area contributed by atoms with Crippen LogP contribution in [0, 0.1) is 0 Å². The summed E-state index contributed by atoms with van der Waals surface area (Å²) >= 11 is 0. The highest BCUT2D eigenvalue weighted by Gasteiger charge is 2.27. The van der Waals surface area contributed by atoms with Crippen molar-refractivity contribution in [3.8, 4) is 0 Å². The fraction of sp³-hybridized carbons (Fsp3) is 0.611. The molecule has 0 heterocycles. The minimum Gasteiger partial charge on any atom is -0.481 e. The number of hydrogen-bond acceptors (Lipinski definition) is 9. The molecule has 0 spiro atoms. The maximum absolute atomic E-state index is 12.2. The van der Waals surface area contributed by atoms with Crippen LogP contribution in [0.15, 0.2) is 0 Å². The second-order valence-electron chi connectivity index (χ2n) is 7.12. The lowest BCUT2D eigenvalue weighted by molar-refractivity contribution is -0.144. The molecule has 0 radical (unpaired) electrons. The van der Waals surface area contributed by atoms with Crippen molar-refractivity contribution in [3.05, 3.63) is 0 Å². The van der Waals surface area contributed by atoms with E-state index < -0.39 is 91.7 Å². The largest absolute Gasteiger partial charge is 0.481 e. The van der Waals surface area contributed by atoms with E-state index in [9.17, 15) is 33.6 Å². The zero-order valence-corrected chi connectivity index (χ0v) is 18.3. The van der Waals surface area contributed by atoms with Gasteiger partial charge >= 0.3 is 17.9 Å². The first-order valence-electron chi connectivity index (χ1n) is 9.99. The molecule has 34 heavy (non-hydrogen) atoms. The Morgan fingerprint density at radius 2 is 1.32 bits per heavy atom. The van der Waals surface area contributed by atoms with Crippen LogP contribution in [-0.2, 0) is 33.6 Å². The summed E-state index contributed by atoms with van der Waals surface area (Å²) in [5.41, 5.74) is 5.53. The van der Waals surface area contributed by atoms with Crippen LogP contribution in [0.4, 0.5) is 0 Å². The quantitative estimate of drug-likeness (QED) is 0.0992. The molecule has 0 aromatic rings. The van der Waals surface area contributed by atoms with Crippen LogP contribution in [0.25, 0.3) is 0 Å². The molecule has 10 N–H and O–H groups in total. The number of aliphatic carboxylic acids is 3. The molecule has 0 saturated heterocycles. The maximum Gasteiger partial charge on any atom is 0.328 e. The summed E-state index contributed by atoms with van der Waals surface area (Å²) in [5.74, 6) is -7.56. The molecule has 0 bridgehead atoms. The molecule has 0 aliphatic carbocycles. The van der Waals surface area contributed by atoms with Crippen LogP contribution in [0.3, 0.4) is 0 Å². The van der Waals surface area contributed by atoms with Crippen LogP contribution in [0.5, 0.6) is 0 Å². The summed E-state index contributed by atoms with van der Waals surface area (Å²) in [5, 5.41) is 43.8. The summed E-state index contributed by atoms with van der Waals surface area (Å²) in [6.07, 6.45) is -1.46. The fourth-order valence-electron chi connectivity index (χ4n) is 2.36. The molecular formula is C18H29N5O11. The summed E-state index contributed by atoms with van der Waals surface area (Å²) < 4.78 is 0. The van der Waals surface area contributed by atoms with Crippen LogP contribution < -0.4 is 27.0 Å². The summed E-state index contributed by atoms with van der Waals surface area (Å²) in [6, 6.07) is -5.47. The molecule has 0 fully saturated rings. The summed E-state index contributed by atoms with van der Waals surface area (Å²) in [7, 11) is 0. The average molecular weight is 491 g/mol. The number of amides is 4. The SMILES string of the molecule is C[C@H](NC(=O)[C@@H](N)CCC(=O)O)C(=O)NCC(=O)N[C@@H](CCC(=O)O)C(=O)N[C@@H](CO)C(=O)O. The van der Waals surface area contributed by atoms with E-state index in [2.05, 4.69) is 16.0 Å². The first kappa shape index (κ1) is 30.2. The van der Waals surface area contributed by atoms with E-state index in [1.54, 1.807) is 0 Å². The van der Waals surface area contributed by atoms with Crippen LogP contribution in [0.1, 0.15) is 32.6 Å². The lowest BCUT2D eigenvalue weighted by atomic mass is 10.1. The molecule has 4 atom stereocenters. The van der Waals surface area contributed by atoms with E-state index >= 15 is 0 Å². The standard InChI is InChI=1S/C18H29N5O11/c1-8(21-16(31)9(19)2-4-13(26)27)15(30)20-6-12(25)22-10(3-5-14(28)29)17(32)23-11(7-24)18(33)34/h8-11,24H,2-7,19H2,1H3,(H,20,30)(H,21,31)(H,22,25)(H,23,32)(H,26,27)(H,28,29)(H,33,34)/t8-,9-,10-,11-/m0/s1. The van der Waals surface area contributed by atoms with Crippen LogP contribution in [-0.4, -0.2) is 99.3 Å². The number of aliphatic hydroxyl groups excluding tert-OH is 1.